The first-order valence-electron chi connectivity index (χ1n) is 6.90. The standard InChI is InChI=1S/C14H22N2O2/c17-14(13-7-5-12-18-13)15-8-6-11-16-9-3-1-2-4-10-16/h5,7,12H,1-4,6,8-11H2,(H,15,17). The summed E-state index contributed by atoms with van der Waals surface area (Å²) in [5, 5.41) is 2.88. The van der Waals surface area contributed by atoms with Crippen LogP contribution in [0.5, 0.6) is 0 Å². The van der Waals surface area contributed by atoms with Crippen LogP contribution in [0.25, 0.3) is 0 Å². The third kappa shape index (κ3) is 4.18. The van der Waals surface area contributed by atoms with Crippen LogP contribution in [0.3, 0.4) is 0 Å². The van der Waals surface area contributed by atoms with Crippen molar-refractivity contribution in [2.45, 2.75) is 32.1 Å². The van der Waals surface area contributed by atoms with E-state index in [1.165, 1.54) is 45.0 Å². The van der Waals surface area contributed by atoms with Gasteiger partial charge in [0.05, 0.1) is 6.26 Å². The molecule has 0 saturated carbocycles. The minimum absolute atomic E-state index is 0.115. The van der Waals surface area contributed by atoms with Crippen LogP contribution in [0.2, 0.25) is 0 Å². The molecule has 0 radical (unpaired) electrons. The third-order valence-corrected chi connectivity index (χ3v) is 3.38. The molecule has 1 N–H and O–H groups in total. The Morgan fingerprint density at radius 3 is 2.72 bits per heavy atom. The van der Waals surface area contributed by atoms with Crippen molar-refractivity contribution in [3.63, 3.8) is 0 Å². The van der Waals surface area contributed by atoms with Crippen molar-refractivity contribution < 1.29 is 9.21 Å². The molecule has 4 nitrogen and oxygen atoms in total. The Kier molecular flexibility index (Phi) is 5.27. The van der Waals surface area contributed by atoms with Crippen LogP contribution in [0.15, 0.2) is 22.8 Å². The Bertz CT molecular complexity index is 341. The molecule has 0 spiro atoms. The molecular weight excluding hydrogens is 228 g/mol. The quantitative estimate of drug-likeness (QED) is 0.815. The molecule has 1 aromatic rings. The van der Waals surface area contributed by atoms with E-state index in [1.807, 2.05) is 0 Å². The largest absolute Gasteiger partial charge is 0.459 e. The number of nitrogens with one attached hydrogen (secondary N) is 1. The number of rotatable bonds is 5. The fourth-order valence-electron chi connectivity index (χ4n) is 2.36. The van der Waals surface area contributed by atoms with Crippen LogP contribution >= 0.6 is 0 Å². The summed E-state index contributed by atoms with van der Waals surface area (Å²) in [5.74, 6) is 0.278. The highest BCUT2D eigenvalue weighted by Crippen LogP contribution is 2.09. The van der Waals surface area contributed by atoms with Gasteiger partial charge in [0, 0.05) is 6.54 Å². The van der Waals surface area contributed by atoms with Gasteiger partial charge in [-0.2, -0.15) is 0 Å². The Morgan fingerprint density at radius 2 is 2.06 bits per heavy atom. The molecule has 0 unspecified atom stereocenters. The van der Waals surface area contributed by atoms with Gasteiger partial charge in [0.2, 0.25) is 0 Å². The van der Waals surface area contributed by atoms with Gasteiger partial charge in [-0.15, -0.1) is 0 Å². The zero-order valence-electron chi connectivity index (χ0n) is 10.9. The lowest BCUT2D eigenvalue weighted by Gasteiger charge is -2.19. The fourth-order valence-corrected chi connectivity index (χ4v) is 2.36. The van der Waals surface area contributed by atoms with Crippen LogP contribution in [0.1, 0.15) is 42.7 Å². The number of furan rings is 1. The zero-order valence-corrected chi connectivity index (χ0v) is 10.9. The highest BCUT2D eigenvalue weighted by Gasteiger charge is 2.09. The van der Waals surface area contributed by atoms with Gasteiger partial charge in [0.15, 0.2) is 5.76 Å². The molecule has 1 amide bonds. The van der Waals surface area contributed by atoms with Crippen LogP contribution in [0.4, 0.5) is 0 Å². The molecule has 1 fully saturated rings. The molecular formula is C14H22N2O2. The number of hydrogen-bond acceptors (Lipinski definition) is 3. The molecule has 4 heteroatoms. The van der Waals surface area contributed by atoms with Crippen molar-refractivity contribution >= 4 is 5.91 Å². The van der Waals surface area contributed by atoms with Crippen molar-refractivity contribution in [3.05, 3.63) is 24.2 Å². The molecule has 2 heterocycles. The molecule has 0 aliphatic carbocycles. The molecule has 1 aliphatic rings. The van der Waals surface area contributed by atoms with Gasteiger partial charge in [-0.1, -0.05) is 12.8 Å². The van der Waals surface area contributed by atoms with E-state index >= 15 is 0 Å². The number of carbonyl (C=O) groups is 1. The van der Waals surface area contributed by atoms with Crippen molar-refractivity contribution in [2.75, 3.05) is 26.2 Å². The minimum Gasteiger partial charge on any atom is -0.459 e. The first kappa shape index (κ1) is 13.1. The normalized spacial score (nSPS) is 17.3. The van der Waals surface area contributed by atoms with Gasteiger partial charge in [-0.05, 0) is 51.0 Å². The summed E-state index contributed by atoms with van der Waals surface area (Å²) in [6, 6.07) is 3.41. The number of hydrogen-bond donors (Lipinski definition) is 1. The Morgan fingerprint density at radius 1 is 1.28 bits per heavy atom. The Hall–Kier alpha value is -1.29. The van der Waals surface area contributed by atoms with E-state index in [9.17, 15) is 4.79 Å². The monoisotopic (exact) mass is 250 g/mol. The highest BCUT2D eigenvalue weighted by molar-refractivity contribution is 5.91. The second-order valence-electron chi connectivity index (χ2n) is 4.84. The second kappa shape index (κ2) is 7.21. The number of carbonyl (C=O) groups excluding carboxylic acids is 1. The van der Waals surface area contributed by atoms with Gasteiger partial charge in [0.1, 0.15) is 0 Å². The van der Waals surface area contributed by atoms with Crippen LogP contribution in [-0.4, -0.2) is 37.0 Å². The topological polar surface area (TPSA) is 45.5 Å². The third-order valence-electron chi connectivity index (χ3n) is 3.38. The average molecular weight is 250 g/mol. The van der Waals surface area contributed by atoms with E-state index in [0.29, 0.717) is 5.76 Å². The maximum absolute atomic E-state index is 11.6. The first-order valence-corrected chi connectivity index (χ1v) is 6.90. The highest BCUT2D eigenvalue weighted by atomic mass is 16.3. The summed E-state index contributed by atoms with van der Waals surface area (Å²) in [7, 11) is 0. The van der Waals surface area contributed by atoms with Crippen molar-refractivity contribution in [1.82, 2.24) is 10.2 Å². The molecule has 100 valence electrons. The van der Waals surface area contributed by atoms with Gasteiger partial charge in [-0.25, -0.2) is 0 Å². The fraction of sp³-hybridized carbons (Fsp3) is 0.643. The van der Waals surface area contributed by atoms with Gasteiger partial charge in [-0.3, -0.25) is 4.79 Å². The summed E-state index contributed by atoms with van der Waals surface area (Å²) in [6.07, 6.45) is 7.90. The van der Waals surface area contributed by atoms with Crippen molar-refractivity contribution in [2.24, 2.45) is 0 Å². The molecule has 0 atom stereocenters. The molecule has 18 heavy (non-hydrogen) atoms. The van der Waals surface area contributed by atoms with E-state index in [0.717, 1.165) is 19.5 Å². The van der Waals surface area contributed by atoms with Crippen LogP contribution < -0.4 is 5.32 Å². The van der Waals surface area contributed by atoms with Crippen LogP contribution in [0, 0.1) is 0 Å². The van der Waals surface area contributed by atoms with Gasteiger partial charge in [0.25, 0.3) is 5.91 Å². The maximum Gasteiger partial charge on any atom is 0.286 e. The van der Waals surface area contributed by atoms with Crippen LogP contribution in [-0.2, 0) is 0 Å². The average Bonchev–Trinajstić information content (AvgIpc) is 2.80. The van der Waals surface area contributed by atoms with Gasteiger partial charge >= 0.3 is 0 Å². The van der Waals surface area contributed by atoms with Gasteiger partial charge < -0.3 is 14.6 Å². The summed E-state index contributed by atoms with van der Waals surface area (Å²) in [4.78, 5) is 14.1. The Labute approximate surface area is 108 Å². The predicted octanol–water partition coefficient (Wildman–Crippen LogP) is 2.28. The molecule has 1 aromatic heterocycles. The number of amides is 1. The van der Waals surface area contributed by atoms with Crippen molar-refractivity contribution in [3.8, 4) is 0 Å². The van der Waals surface area contributed by atoms with E-state index in [1.54, 1.807) is 12.1 Å². The molecule has 0 aromatic carbocycles. The molecule has 1 saturated heterocycles. The second-order valence-corrected chi connectivity index (χ2v) is 4.84. The van der Waals surface area contributed by atoms with E-state index < -0.39 is 0 Å². The summed E-state index contributed by atoms with van der Waals surface area (Å²) < 4.78 is 5.04. The SMILES string of the molecule is O=C(NCCCN1CCCCCC1)c1ccco1. The number of nitrogens with zero attached hydrogens (tertiary/aromatic N) is 1. The van der Waals surface area contributed by atoms with E-state index in [2.05, 4.69) is 10.2 Å². The first-order chi connectivity index (χ1) is 8.86. The van der Waals surface area contributed by atoms with E-state index in [-0.39, 0.29) is 5.91 Å². The zero-order chi connectivity index (χ0) is 12.6. The summed E-state index contributed by atoms with van der Waals surface area (Å²) in [6.45, 7) is 4.23. The lowest BCUT2D eigenvalue weighted by Crippen LogP contribution is -2.30. The Balaban J connectivity index is 1.59. The summed E-state index contributed by atoms with van der Waals surface area (Å²) >= 11 is 0. The van der Waals surface area contributed by atoms with E-state index in [4.69, 9.17) is 4.42 Å². The number of likely N-dealkylation sites (tertiary alicyclic amines) is 1. The lowest BCUT2D eigenvalue weighted by molar-refractivity contribution is 0.0924. The minimum atomic E-state index is -0.115. The predicted molar refractivity (Wildman–Crippen MR) is 70.6 cm³/mol. The smallest absolute Gasteiger partial charge is 0.286 e. The van der Waals surface area contributed by atoms with Crippen molar-refractivity contribution in [1.29, 1.82) is 0 Å². The molecule has 0 bridgehead atoms. The molecule has 2 rings (SSSR count). The summed E-state index contributed by atoms with van der Waals surface area (Å²) in [5.41, 5.74) is 0. The lowest BCUT2D eigenvalue weighted by atomic mass is 10.2. The maximum atomic E-state index is 11.6. The molecule has 1 aliphatic heterocycles.